The molecule has 1 N–H and O–H groups in total. The Morgan fingerprint density at radius 2 is 1.96 bits per heavy atom. The summed E-state index contributed by atoms with van der Waals surface area (Å²) in [6.45, 7) is 2.35. The van der Waals surface area contributed by atoms with E-state index >= 15 is 0 Å². The fourth-order valence-corrected chi connectivity index (χ4v) is 3.63. The normalized spacial score (nSPS) is 29.4. The first-order valence-corrected chi connectivity index (χ1v) is 8.39. The molecule has 4 nitrogen and oxygen atoms in total. The molecule has 1 aromatic rings. The van der Waals surface area contributed by atoms with Gasteiger partial charge in [-0.1, -0.05) is 25.1 Å². The topological polar surface area (TPSA) is 57.6 Å². The van der Waals surface area contributed by atoms with E-state index in [1.807, 2.05) is 6.92 Å². The number of hydrogen-bond donors (Lipinski definition) is 1. The van der Waals surface area contributed by atoms with Crippen molar-refractivity contribution in [2.75, 3.05) is 6.54 Å². The zero-order chi connectivity index (χ0) is 18.4. The molecule has 0 aromatic heterocycles. The smallest absolute Gasteiger partial charge is 0.416 e. The Kier molecular flexibility index (Phi) is 4.51. The van der Waals surface area contributed by atoms with Gasteiger partial charge in [0, 0.05) is 12.5 Å². The third-order valence-electron chi connectivity index (χ3n) is 5.18. The first kappa shape index (κ1) is 17.8. The first-order valence-electron chi connectivity index (χ1n) is 8.39. The van der Waals surface area contributed by atoms with Gasteiger partial charge in [-0.25, -0.2) is 4.79 Å². The third kappa shape index (κ3) is 3.65. The Morgan fingerprint density at radius 3 is 2.60 bits per heavy atom. The summed E-state index contributed by atoms with van der Waals surface area (Å²) in [6, 6.07) is 4.21. The molecule has 1 saturated carbocycles. The Hall–Kier alpha value is -2.05. The van der Waals surface area contributed by atoms with Crippen molar-refractivity contribution in [2.45, 2.75) is 44.3 Å². The molecular weight excluding hydrogens is 335 g/mol. The first-order chi connectivity index (χ1) is 11.7. The van der Waals surface area contributed by atoms with Crippen molar-refractivity contribution in [1.82, 2.24) is 4.90 Å². The van der Waals surface area contributed by atoms with Crippen LogP contribution in [0.3, 0.4) is 0 Å². The molecule has 4 unspecified atom stereocenters. The second-order valence-electron chi connectivity index (χ2n) is 7.09. The third-order valence-corrected chi connectivity index (χ3v) is 5.18. The zero-order valence-corrected chi connectivity index (χ0v) is 13.8. The van der Waals surface area contributed by atoms with Crippen molar-refractivity contribution in [1.29, 1.82) is 0 Å². The number of rotatable bonds is 3. The molecule has 2 aliphatic rings. The summed E-state index contributed by atoms with van der Waals surface area (Å²) in [4.78, 5) is 25.5. The van der Waals surface area contributed by atoms with Crippen LogP contribution >= 0.6 is 0 Å². The van der Waals surface area contributed by atoms with Gasteiger partial charge in [0.15, 0.2) is 0 Å². The Balaban J connectivity index is 1.73. The standard InChI is InChI=1S/C18H20F3NO3/c1-10-5-6-22(15(7-10)17(24)25)16(23)14-9-13(14)11-3-2-4-12(8-11)18(19,20)21/h2-4,8,10,13-15H,5-7,9H2,1H3,(H,24,25). The van der Waals surface area contributed by atoms with Gasteiger partial charge in [-0.05, 0) is 42.7 Å². The van der Waals surface area contributed by atoms with E-state index in [9.17, 15) is 27.9 Å². The lowest BCUT2D eigenvalue weighted by atomic mass is 9.92. The highest BCUT2D eigenvalue weighted by Gasteiger charge is 2.49. The maximum absolute atomic E-state index is 12.8. The fraction of sp³-hybridized carbons (Fsp3) is 0.556. The average Bonchev–Trinajstić information content (AvgIpc) is 3.34. The van der Waals surface area contributed by atoms with E-state index in [0.29, 0.717) is 24.9 Å². The van der Waals surface area contributed by atoms with Crippen molar-refractivity contribution in [3.63, 3.8) is 0 Å². The molecule has 4 atom stereocenters. The van der Waals surface area contributed by atoms with E-state index < -0.39 is 29.7 Å². The molecule has 7 heteroatoms. The number of hydrogen-bond acceptors (Lipinski definition) is 2. The van der Waals surface area contributed by atoms with E-state index in [-0.39, 0.29) is 17.7 Å². The van der Waals surface area contributed by atoms with Crippen molar-refractivity contribution >= 4 is 11.9 Å². The SMILES string of the molecule is CC1CCN(C(=O)C2CC2c2cccc(C(F)(F)F)c2)C(C(=O)O)C1. The summed E-state index contributed by atoms with van der Waals surface area (Å²) in [5.74, 6) is -1.70. The number of benzene rings is 1. The highest BCUT2D eigenvalue weighted by atomic mass is 19.4. The number of carboxylic acids is 1. The molecule has 0 bridgehead atoms. The van der Waals surface area contributed by atoms with Crippen molar-refractivity contribution in [3.8, 4) is 0 Å². The van der Waals surface area contributed by atoms with Crippen molar-refractivity contribution in [2.24, 2.45) is 11.8 Å². The van der Waals surface area contributed by atoms with Gasteiger partial charge in [0.05, 0.1) is 5.56 Å². The fourth-order valence-electron chi connectivity index (χ4n) is 3.63. The number of carboxylic acid groups (broad SMARTS) is 1. The largest absolute Gasteiger partial charge is 0.480 e. The molecule has 136 valence electrons. The summed E-state index contributed by atoms with van der Waals surface area (Å²) < 4.78 is 38.5. The Morgan fingerprint density at radius 1 is 1.24 bits per heavy atom. The number of amides is 1. The van der Waals surface area contributed by atoms with Crippen LogP contribution in [-0.2, 0) is 15.8 Å². The Labute approximate surface area is 143 Å². The van der Waals surface area contributed by atoms with Crippen LogP contribution in [0, 0.1) is 11.8 Å². The molecule has 3 rings (SSSR count). The lowest BCUT2D eigenvalue weighted by molar-refractivity contribution is -0.153. The number of carbonyl (C=O) groups is 2. The minimum absolute atomic E-state index is 0.239. The predicted octanol–water partition coefficient (Wildman–Crippen LogP) is 3.52. The zero-order valence-electron chi connectivity index (χ0n) is 13.8. The van der Waals surface area contributed by atoms with Crippen LogP contribution in [0.25, 0.3) is 0 Å². The molecule has 1 saturated heterocycles. The van der Waals surface area contributed by atoms with Crippen LogP contribution in [0.15, 0.2) is 24.3 Å². The summed E-state index contributed by atoms with van der Waals surface area (Å²) in [5, 5.41) is 9.37. The summed E-state index contributed by atoms with van der Waals surface area (Å²) in [7, 11) is 0. The van der Waals surface area contributed by atoms with E-state index in [2.05, 4.69) is 0 Å². The number of carbonyl (C=O) groups excluding carboxylic acids is 1. The summed E-state index contributed by atoms with van der Waals surface area (Å²) in [5.41, 5.74) is -0.233. The quantitative estimate of drug-likeness (QED) is 0.903. The molecule has 1 heterocycles. The highest BCUT2D eigenvalue weighted by molar-refractivity contribution is 5.88. The number of alkyl halides is 3. The second-order valence-corrected chi connectivity index (χ2v) is 7.09. The lowest BCUT2D eigenvalue weighted by Crippen LogP contribution is -2.50. The summed E-state index contributed by atoms with van der Waals surface area (Å²) in [6.07, 6.45) is -2.78. The van der Waals surface area contributed by atoms with E-state index in [1.165, 1.54) is 11.0 Å². The van der Waals surface area contributed by atoms with E-state index in [0.717, 1.165) is 18.6 Å². The molecule has 1 aliphatic heterocycles. The van der Waals surface area contributed by atoms with E-state index in [4.69, 9.17) is 0 Å². The molecule has 0 radical (unpaired) electrons. The van der Waals surface area contributed by atoms with Crippen molar-refractivity contribution in [3.05, 3.63) is 35.4 Å². The van der Waals surface area contributed by atoms with E-state index in [1.54, 1.807) is 6.07 Å². The minimum Gasteiger partial charge on any atom is -0.480 e. The van der Waals surface area contributed by atoms with Crippen LogP contribution in [0.5, 0.6) is 0 Å². The molecule has 1 aliphatic carbocycles. The van der Waals surface area contributed by atoms with Gasteiger partial charge in [0.1, 0.15) is 6.04 Å². The monoisotopic (exact) mass is 355 g/mol. The number of aliphatic carboxylic acids is 1. The highest BCUT2D eigenvalue weighted by Crippen LogP contribution is 2.50. The van der Waals surface area contributed by atoms with Gasteiger partial charge < -0.3 is 10.0 Å². The van der Waals surface area contributed by atoms with Crippen LogP contribution < -0.4 is 0 Å². The maximum atomic E-state index is 12.8. The average molecular weight is 355 g/mol. The van der Waals surface area contributed by atoms with Gasteiger partial charge >= 0.3 is 12.1 Å². The maximum Gasteiger partial charge on any atom is 0.416 e. The van der Waals surface area contributed by atoms with Crippen molar-refractivity contribution < 1.29 is 27.9 Å². The predicted molar refractivity (Wildman–Crippen MR) is 83.8 cm³/mol. The molecule has 1 amide bonds. The van der Waals surface area contributed by atoms with Crippen LogP contribution in [0.4, 0.5) is 13.2 Å². The Bertz CT molecular complexity index is 688. The lowest BCUT2D eigenvalue weighted by Gasteiger charge is -2.36. The number of likely N-dealkylation sites (tertiary alicyclic amines) is 1. The molecule has 25 heavy (non-hydrogen) atoms. The van der Waals surface area contributed by atoms with Crippen LogP contribution in [-0.4, -0.2) is 34.5 Å². The molecule has 1 aromatic carbocycles. The van der Waals surface area contributed by atoms with Gasteiger partial charge in [-0.15, -0.1) is 0 Å². The number of nitrogens with zero attached hydrogens (tertiary/aromatic N) is 1. The van der Waals surface area contributed by atoms with Crippen LogP contribution in [0.1, 0.15) is 43.2 Å². The van der Waals surface area contributed by atoms with Crippen LogP contribution in [0.2, 0.25) is 0 Å². The van der Waals surface area contributed by atoms with Gasteiger partial charge in [0.25, 0.3) is 0 Å². The van der Waals surface area contributed by atoms with Gasteiger partial charge in [0.2, 0.25) is 5.91 Å². The molecule has 0 spiro atoms. The van der Waals surface area contributed by atoms with Gasteiger partial charge in [-0.3, -0.25) is 4.79 Å². The molecular formula is C18H20F3NO3. The molecule has 2 fully saturated rings. The summed E-state index contributed by atoms with van der Waals surface area (Å²) >= 11 is 0. The minimum atomic E-state index is -4.41. The number of halogens is 3. The second kappa shape index (κ2) is 6.35. The van der Waals surface area contributed by atoms with Gasteiger partial charge in [-0.2, -0.15) is 13.2 Å². The number of piperidine rings is 1.